The summed E-state index contributed by atoms with van der Waals surface area (Å²) < 4.78 is 0. The van der Waals surface area contributed by atoms with Crippen LogP contribution in [-0.2, 0) is 4.79 Å². The first-order valence-corrected chi connectivity index (χ1v) is 7.67. The summed E-state index contributed by atoms with van der Waals surface area (Å²) in [5.41, 5.74) is 1.18. The third-order valence-corrected chi connectivity index (χ3v) is 4.15. The maximum Gasteiger partial charge on any atom is 0.223 e. The monoisotopic (exact) mass is 275 g/mol. The molecule has 1 fully saturated rings. The lowest BCUT2D eigenvalue weighted by Gasteiger charge is -2.20. The van der Waals surface area contributed by atoms with Gasteiger partial charge in [0.2, 0.25) is 5.91 Å². The molecule has 110 valence electrons. The molecule has 1 aliphatic rings. The predicted molar refractivity (Wildman–Crippen MR) is 80.4 cm³/mol. The summed E-state index contributed by atoms with van der Waals surface area (Å²) in [5.74, 6) is 0.577. The molecule has 0 saturated heterocycles. The first kappa shape index (κ1) is 15.0. The Hall–Kier alpha value is -1.35. The van der Waals surface area contributed by atoms with Crippen molar-refractivity contribution in [2.75, 3.05) is 6.54 Å². The zero-order chi connectivity index (χ0) is 14.4. The number of aliphatic hydroxyl groups is 1. The van der Waals surface area contributed by atoms with E-state index in [2.05, 4.69) is 17.4 Å². The van der Waals surface area contributed by atoms with E-state index in [4.69, 9.17) is 0 Å². The van der Waals surface area contributed by atoms with Gasteiger partial charge in [0.25, 0.3) is 0 Å². The predicted octanol–water partition coefficient (Wildman–Crippen LogP) is 2.85. The van der Waals surface area contributed by atoms with Crippen LogP contribution in [0.5, 0.6) is 0 Å². The third kappa shape index (κ3) is 4.34. The SMILES string of the molecule is CC(O)CC(CNC(=O)C1CCCC1)c1ccccc1. The van der Waals surface area contributed by atoms with E-state index in [9.17, 15) is 9.90 Å². The maximum absolute atomic E-state index is 12.1. The zero-order valence-corrected chi connectivity index (χ0v) is 12.2. The fraction of sp³-hybridized carbons (Fsp3) is 0.588. The molecule has 20 heavy (non-hydrogen) atoms. The normalized spacial score (nSPS) is 18.7. The zero-order valence-electron chi connectivity index (χ0n) is 12.2. The lowest BCUT2D eigenvalue weighted by atomic mass is 9.93. The van der Waals surface area contributed by atoms with Crippen LogP contribution < -0.4 is 5.32 Å². The van der Waals surface area contributed by atoms with Crippen LogP contribution in [-0.4, -0.2) is 23.7 Å². The van der Waals surface area contributed by atoms with E-state index < -0.39 is 0 Å². The van der Waals surface area contributed by atoms with E-state index in [1.54, 1.807) is 6.92 Å². The molecule has 0 radical (unpaired) electrons. The number of nitrogens with one attached hydrogen (secondary N) is 1. The smallest absolute Gasteiger partial charge is 0.223 e. The third-order valence-electron chi connectivity index (χ3n) is 4.15. The Labute approximate surface area is 121 Å². The van der Waals surface area contributed by atoms with Crippen molar-refractivity contribution in [2.24, 2.45) is 5.92 Å². The van der Waals surface area contributed by atoms with Gasteiger partial charge in [-0.1, -0.05) is 43.2 Å². The average molecular weight is 275 g/mol. The minimum atomic E-state index is -0.358. The second-order valence-corrected chi connectivity index (χ2v) is 5.92. The summed E-state index contributed by atoms with van der Waals surface area (Å²) in [4.78, 5) is 12.1. The lowest BCUT2D eigenvalue weighted by Crippen LogP contribution is -2.33. The first-order valence-electron chi connectivity index (χ1n) is 7.67. The Morgan fingerprint density at radius 3 is 2.55 bits per heavy atom. The largest absolute Gasteiger partial charge is 0.393 e. The van der Waals surface area contributed by atoms with Gasteiger partial charge >= 0.3 is 0 Å². The van der Waals surface area contributed by atoms with Crippen LogP contribution in [0.4, 0.5) is 0 Å². The molecule has 2 atom stereocenters. The van der Waals surface area contributed by atoms with E-state index in [0.717, 1.165) is 12.8 Å². The van der Waals surface area contributed by atoms with Gasteiger partial charge in [-0.2, -0.15) is 0 Å². The Morgan fingerprint density at radius 1 is 1.30 bits per heavy atom. The number of benzene rings is 1. The van der Waals surface area contributed by atoms with Gasteiger partial charge in [-0.25, -0.2) is 0 Å². The average Bonchev–Trinajstić information content (AvgIpc) is 2.98. The highest BCUT2D eigenvalue weighted by atomic mass is 16.3. The first-order chi connectivity index (χ1) is 9.66. The van der Waals surface area contributed by atoms with E-state index in [1.165, 1.54) is 18.4 Å². The van der Waals surface area contributed by atoms with Crippen molar-refractivity contribution >= 4 is 5.91 Å². The molecule has 1 aliphatic carbocycles. The van der Waals surface area contributed by atoms with Gasteiger partial charge < -0.3 is 10.4 Å². The molecule has 0 aliphatic heterocycles. The fourth-order valence-electron chi connectivity index (χ4n) is 3.03. The van der Waals surface area contributed by atoms with Crippen LogP contribution in [0.3, 0.4) is 0 Å². The molecular weight excluding hydrogens is 250 g/mol. The van der Waals surface area contributed by atoms with Crippen molar-refractivity contribution in [1.82, 2.24) is 5.32 Å². The van der Waals surface area contributed by atoms with Crippen LogP contribution in [0.25, 0.3) is 0 Å². The summed E-state index contributed by atoms with van der Waals surface area (Å²) in [6.07, 6.45) is 4.72. The molecule has 1 aromatic carbocycles. The van der Waals surface area contributed by atoms with Gasteiger partial charge in [0.15, 0.2) is 0 Å². The van der Waals surface area contributed by atoms with Crippen LogP contribution in [0.15, 0.2) is 30.3 Å². The summed E-state index contributed by atoms with van der Waals surface area (Å²) >= 11 is 0. The Kier molecular flexibility index (Phi) is 5.60. The molecule has 0 bridgehead atoms. The standard InChI is InChI=1S/C17H25NO2/c1-13(19)11-16(14-7-3-2-4-8-14)12-18-17(20)15-9-5-6-10-15/h2-4,7-8,13,15-16,19H,5-6,9-12H2,1H3,(H,18,20). The number of carbonyl (C=O) groups is 1. The molecular formula is C17H25NO2. The van der Waals surface area contributed by atoms with E-state index in [-0.39, 0.29) is 23.8 Å². The highest BCUT2D eigenvalue weighted by Crippen LogP contribution is 2.25. The number of amides is 1. The summed E-state index contributed by atoms with van der Waals surface area (Å²) in [7, 11) is 0. The minimum absolute atomic E-state index is 0.182. The van der Waals surface area contributed by atoms with Gasteiger partial charge in [-0.3, -0.25) is 4.79 Å². The van der Waals surface area contributed by atoms with Gasteiger partial charge in [-0.15, -0.1) is 0 Å². The van der Waals surface area contributed by atoms with Crippen molar-refractivity contribution in [2.45, 2.75) is 51.0 Å². The molecule has 2 rings (SSSR count). The maximum atomic E-state index is 12.1. The molecule has 1 saturated carbocycles. The molecule has 1 aromatic rings. The van der Waals surface area contributed by atoms with E-state index in [0.29, 0.717) is 13.0 Å². The van der Waals surface area contributed by atoms with Crippen LogP contribution in [0.1, 0.15) is 50.5 Å². The van der Waals surface area contributed by atoms with Gasteiger partial charge in [-0.05, 0) is 31.7 Å². The minimum Gasteiger partial charge on any atom is -0.393 e. The van der Waals surface area contributed by atoms with Crippen molar-refractivity contribution in [3.05, 3.63) is 35.9 Å². The number of aliphatic hydroxyl groups excluding tert-OH is 1. The molecule has 0 aromatic heterocycles. The number of hydrogen-bond acceptors (Lipinski definition) is 2. The van der Waals surface area contributed by atoms with Crippen LogP contribution in [0.2, 0.25) is 0 Å². The highest BCUT2D eigenvalue weighted by Gasteiger charge is 2.23. The van der Waals surface area contributed by atoms with Gasteiger partial charge in [0.1, 0.15) is 0 Å². The van der Waals surface area contributed by atoms with Crippen molar-refractivity contribution in [3.8, 4) is 0 Å². The molecule has 3 heteroatoms. The fourth-order valence-corrected chi connectivity index (χ4v) is 3.03. The Balaban J connectivity index is 1.92. The molecule has 2 N–H and O–H groups in total. The van der Waals surface area contributed by atoms with E-state index >= 15 is 0 Å². The van der Waals surface area contributed by atoms with Crippen molar-refractivity contribution < 1.29 is 9.90 Å². The highest BCUT2D eigenvalue weighted by molar-refractivity contribution is 5.78. The molecule has 1 amide bonds. The summed E-state index contributed by atoms with van der Waals surface area (Å²) in [5, 5.41) is 12.7. The number of hydrogen-bond donors (Lipinski definition) is 2. The summed E-state index contributed by atoms with van der Waals surface area (Å²) in [6.45, 7) is 2.42. The topological polar surface area (TPSA) is 49.3 Å². The molecule has 0 heterocycles. The second kappa shape index (κ2) is 7.44. The van der Waals surface area contributed by atoms with Crippen LogP contribution in [0, 0.1) is 5.92 Å². The van der Waals surface area contributed by atoms with Gasteiger partial charge in [0, 0.05) is 18.4 Å². The second-order valence-electron chi connectivity index (χ2n) is 5.92. The number of carbonyl (C=O) groups excluding carboxylic acids is 1. The Bertz CT molecular complexity index is 410. The van der Waals surface area contributed by atoms with Crippen LogP contribution >= 0.6 is 0 Å². The molecule has 2 unspecified atom stereocenters. The van der Waals surface area contributed by atoms with Gasteiger partial charge in [0.05, 0.1) is 6.10 Å². The lowest BCUT2D eigenvalue weighted by molar-refractivity contribution is -0.124. The summed E-state index contributed by atoms with van der Waals surface area (Å²) in [6, 6.07) is 10.1. The molecule has 3 nitrogen and oxygen atoms in total. The van der Waals surface area contributed by atoms with Crippen molar-refractivity contribution in [3.63, 3.8) is 0 Å². The quantitative estimate of drug-likeness (QED) is 0.838. The molecule has 0 spiro atoms. The van der Waals surface area contributed by atoms with Crippen molar-refractivity contribution in [1.29, 1.82) is 0 Å². The Morgan fingerprint density at radius 2 is 1.95 bits per heavy atom. The number of rotatable bonds is 6. The van der Waals surface area contributed by atoms with E-state index in [1.807, 2.05) is 18.2 Å².